The van der Waals surface area contributed by atoms with Crippen molar-refractivity contribution in [1.29, 1.82) is 0 Å². The maximum Gasteiger partial charge on any atom is 0.0684 e. The first-order valence-electron chi connectivity index (χ1n) is 3.81. The molecule has 0 saturated carbocycles. The van der Waals surface area contributed by atoms with Gasteiger partial charge in [0, 0.05) is 5.41 Å². The summed E-state index contributed by atoms with van der Waals surface area (Å²) < 4.78 is 0. The average molecular weight is 150 g/mol. The first kappa shape index (κ1) is 8.18. The van der Waals surface area contributed by atoms with Crippen LogP contribution in [0, 0.1) is 6.92 Å². The molecule has 0 atom stereocenters. The maximum absolute atomic E-state index is 4.10. The standard InChI is InChI=1S/C9H14N2/c1-7-5-6-8(11-10-7)9(2,3)4/h5-6H,1-4H3. The van der Waals surface area contributed by atoms with Gasteiger partial charge in [0.15, 0.2) is 0 Å². The lowest BCUT2D eigenvalue weighted by Crippen LogP contribution is -2.14. The molecular formula is C9H14N2. The van der Waals surface area contributed by atoms with Crippen molar-refractivity contribution in [2.24, 2.45) is 0 Å². The number of aryl methyl sites for hydroxylation is 1. The van der Waals surface area contributed by atoms with E-state index in [1.165, 1.54) is 0 Å². The fourth-order valence-corrected chi connectivity index (χ4v) is 0.799. The molecule has 11 heavy (non-hydrogen) atoms. The molecule has 0 saturated heterocycles. The fourth-order valence-electron chi connectivity index (χ4n) is 0.799. The monoisotopic (exact) mass is 150 g/mol. The zero-order valence-electron chi connectivity index (χ0n) is 7.55. The van der Waals surface area contributed by atoms with Crippen molar-refractivity contribution in [2.75, 3.05) is 0 Å². The summed E-state index contributed by atoms with van der Waals surface area (Å²) in [5.74, 6) is 0. The van der Waals surface area contributed by atoms with Crippen molar-refractivity contribution in [2.45, 2.75) is 33.1 Å². The molecule has 1 aromatic heterocycles. The SMILES string of the molecule is Cc1ccc(C(C)(C)C)nn1. The second kappa shape index (κ2) is 2.61. The van der Waals surface area contributed by atoms with Crippen LogP contribution in [0.4, 0.5) is 0 Å². The third-order valence-electron chi connectivity index (χ3n) is 1.57. The minimum atomic E-state index is 0.112. The summed E-state index contributed by atoms with van der Waals surface area (Å²) >= 11 is 0. The predicted octanol–water partition coefficient (Wildman–Crippen LogP) is 2.08. The van der Waals surface area contributed by atoms with Gasteiger partial charge in [-0.15, -0.1) is 0 Å². The van der Waals surface area contributed by atoms with Gasteiger partial charge in [0.05, 0.1) is 11.4 Å². The van der Waals surface area contributed by atoms with E-state index in [0.29, 0.717) is 0 Å². The molecule has 2 heteroatoms. The van der Waals surface area contributed by atoms with E-state index in [2.05, 4.69) is 31.0 Å². The van der Waals surface area contributed by atoms with Crippen LogP contribution in [0.5, 0.6) is 0 Å². The van der Waals surface area contributed by atoms with Gasteiger partial charge in [-0.1, -0.05) is 20.8 Å². The Morgan fingerprint density at radius 2 is 1.73 bits per heavy atom. The van der Waals surface area contributed by atoms with Crippen LogP contribution in [0.2, 0.25) is 0 Å². The third kappa shape index (κ3) is 2.00. The lowest BCUT2D eigenvalue weighted by Gasteiger charge is -2.15. The van der Waals surface area contributed by atoms with Crippen molar-refractivity contribution in [1.82, 2.24) is 10.2 Å². The summed E-state index contributed by atoms with van der Waals surface area (Å²) in [4.78, 5) is 0. The summed E-state index contributed by atoms with van der Waals surface area (Å²) in [5.41, 5.74) is 2.13. The van der Waals surface area contributed by atoms with Crippen LogP contribution in [0.25, 0.3) is 0 Å². The molecule has 0 radical (unpaired) electrons. The maximum atomic E-state index is 4.10. The molecular weight excluding hydrogens is 136 g/mol. The lowest BCUT2D eigenvalue weighted by atomic mass is 9.92. The van der Waals surface area contributed by atoms with Gasteiger partial charge in [-0.3, -0.25) is 0 Å². The summed E-state index contributed by atoms with van der Waals surface area (Å²) in [5, 5.41) is 8.10. The second-order valence-electron chi connectivity index (χ2n) is 3.81. The number of hydrogen-bond acceptors (Lipinski definition) is 2. The Kier molecular flexibility index (Phi) is 1.94. The molecule has 0 bridgehead atoms. The molecule has 0 aliphatic carbocycles. The highest BCUT2D eigenvalue weighted by atomic mass is 15.1. The van der Waals surface area contributed by atoms with Crippen molar-refractivity contribution in [3.63, 3.8) is 0 Å². The van der Waals surface area contributed by atoms with Gasteiger partial charge in [0.2, 0.25) is 0 Å². The molecule has 0 unspecified atom stereocenters. The van der Waals surface area contributed by atoms with Crippen LogP contribution in [-0.2, 0) is 5.41 Å². The van der Waals surface area contributed by atoms with Crippen LogP contribution < -0.4 is 0 Å². The molecule has 60 valence electrons. The number of nitrogens with zero attached hydrogens (tertiary/aromatic N) is 2. The van der Waals surface area contributed by atoms with Gasteiger partial charge >= 0.3 is 0 Å². The fraction of sp³-hybridized carbons (Fsp3) is 0.556. The first-order valence-corrected chi connectivity index (χ1v) is 3.81. The van der Waals surface area contributed by atoms with Gasteiger partial charge in [0.1, 0.15) is 0 Å². The Morgan fingerprint density at radius 1 is 1.09 bits per heavy atom. The molecule has 0 aromatic carbocycles. The van der Waals surface area contributed by atoms with E-state index in [1.807, 2.05) is 19.1 Å². The van der Waals surface area contributed by atoms with Gasteiger partial charge in [0.25, 0.3) is 0 Å². The third-order valence-corrected chi connectivity index (χ3v) is 1.57. The minimum Gasteiger partial charge on any atom is -0.156 e. The van der Waals surface area contributed by atoms with E-state index in [4.69, 9.17) is 0 Å². The summed E-state index contributed by atoms with van der Waals surface area (Å²) in [6, 6.07) is 4.02. The molecule has 0 aliphatic heterocycles. The van der Waals surface area contributed by atoms with Crippen molar-refractivity contribution in [3.8, 4) is 0 Å². The van der Waals surface area contributed by atoms with Crippen LogP contribution in [0.1, 0.15) is 32.2 Å². The van der Waals surface area contributed by atoms with Crippen molar-refractivity contribution in [3.05, 3.63) is 23.5 Å². The average Bonchev–Trinajstić information content (AvgIpc) is 1.86. The molecule has 1 aromatic rings. The molecule has 0 amide bonds. The molecule has 2 nitrogen and oxygen atoms in total. The number of aromatic nitrogens is 2. The summed E-state index contributed by atoms with van der Waals surface area (Å²) in [7, 11) is 0. The Bertz CT molecular complexity index is 231. The summed E-state index contributed by atoms with van der Waals surface area (Å²) in [6.07, 6.45) is 0. The van der Waals surface area contributed by atoms with Gasteiger partial charge < -0.3 is 0 Å². The normalized spacial score (nSPS) is 11.6. The Hall–Kier alpha value is -0.920. The van der Waals surface area contributed by atoms with E-state index in [-0.39, 0.29) is 5.41 Å². The van der Waals surface area contributed by atoms with E-state index >= 15 is 0 Å². The van der Waals surface area contributed by atoms with Crippen molar-refractivity contribution >= 4 is 0 Å². The topological polar surface area (TPSA) is 25.8 Å². The van der Waals surface area contributed by atoms with Gasteiger partial charge in [-0.25, -0.2) is 0 Å². The van der Waals surface area contributed by atoms with E-state index in [1.54, 1.807) is 0 Å². The molecule has 0 fully saturated rings. The molecule has 1 rings (SSSR count). The van der Waals surface area contributed by atoms with E-state index < -0.39 is 0 Å². The summed E-state index contributed by atoms with van der Waals surface area (Å²) in [6.45, 7) is 8.34. The quantitative estimate of drug-likeness (QED) is 0.566. The van der Waals surface area contributed by atoms with Crippen LogP contribution >= 0.6 is 0 Å². The second-order valence-corrected chi connectivity index (χ2v) is 3.81. The zero-order chi connectivity index (χ0) is 8.48. The number of rotatable bonds is 0. The Labute approximate surface area is 67.7 Å². The molecule has 0 aliphatic rings. The van der Waals surface area contributed by atoms with Crippen LogP contribution in [0.3, 0.4) is 0 Å². The predicted molar refractivity (Wildman–Crippen MR) is 45.5 cm³/mol. The largest absolute Gasteiger partial charge is 0.156 e. The number of hydrogen-bond donors (Lipinski definition) is 0. The van der Waals surface area contributed by atoms with Crippen molar-refractivity contribution < 1.29 is 0 Å². The lowest BCUT2D eigenvalue weighted by molar-refractivity contribution is 0.557. The van der Waals surface area contributed by atoms with Crippen LogP contribution in [-0.4, -0.2) is 10.2 Å². The Balaban J connectivity index is 2.99. The highest BCUT2D eigenvalue weighted by Crippen LogP contribution is 2.18. The highest BCUT2D eigenvalue weighted by Gasteiger charge is 2.14. The molecule has 0 spiro atoms. The molecule has 1 heterocycles. The first-order chi connectivity index (χ1) is 5.00. The van der Waals surface area contributed by atoms with Crippen LogP contribution in [0.15, 0.2) is 12.1 Å². The molecule has 0 N–H and O–H groups in total. The van der Waals surface area contributed by atoms with Gasteiger partial charge in [-0.2, -0.15) is 10.2 Å². The zero-order valence-corrected chi connectivity index (χ0v) is 7.55. The smallest absolute Gasteiger partial charge is 0.0684 e. The minimum absolute atomic E-state index is 0.112. The van der Waals surface area contributed by atoms with E-state index in [9.17, 15) is 0 Å². The highest BCUT2D eigenvalue weighted by molar-refractivity contribution is 5.12. The van der Waals surface area contributed by atoms with E-state index in [0.717, 1.165) is 11.4 Å². The Morgan fingerprint density at radius 3 is 2.09 bits per heavy atom. The van der Waals surface area contributed by atoms with Gasteiger partial charge in [-0.05, 0) is 19.1 Å².